The number of benzene rings is 1. The maximum atomic E-state index is 2.60. The number of rotatable bonds is 2. The molecule has 1 aliphatic rings. The van der Waals surface area contributed by atoms with Crippen molar-refractivity contribution in [2.45, 2.75) is 33.2 Å². The van der Waals surface area contributed by atoms with E-state index in [0.29, 0.717) is 0 Å². The van der Waals surface area contributed by atoms with E-state index in [1.165, 1.54) is 40.6 Å². The van der Waals surface area contributed by atoms with E-state index in [-0.39, 0.29) is 0 Å². The van der Waals surface area contributed by atoms with Crippen molar-refractivity contribution in [1.29, 1.82) is 0 Å². The van der Waals surface area contributed by atoms with Crippen molar-refractivity contribution in [1.82, 2.24) is 4.90 Å². The van der Waals surface area contributed by atoms with Gasteiger partial charge in [0.05, 0.1) is 0 Å². The summed E-state index contributed by atoms with van der Waals surface area (Å²) in [5.41, 5.74) is 2.90. The molecule has 0 aliphatic carbocycles. The van der Waals surface area contributed by atoms with Gasteiger partial charge in [0.2, 0.25) is 0 Å². The standard InChI is InChI=1S/C14H20IN/c1-11-5-4-8-16(9-11)10-13-7-3-6-12(2)14(13)15/h3,6-7,11H,4-5,8-10H2,1-2H3. The third-order valence-corrected chi connectivity index (χ3v) is 4.95. The van der Waals surface area contributed by atoms with Crippen LogP contribution in [0.3, 0.4) is 0 Å². The number of hydrogen-bond acceptors (Lipinski definition) is 1. The smallest absolute Gasteiger partial charge is 0.0244 e. The van der Waals surface area contributed by atoms with Crippen molar-refractivity contribution >= 4 is 22.6 Å². The predicted molar refractivity (Wildman–Crippen MR) is 77.6 cm³/mol. The van der Waals surface area contributed by atoms with Crippen molar-refractivity contribution in [2.24, 2.45) is 5.92 Å². The normalized spacial score (nSPS) is 22.3. The van der Waals surface area contributed by atoms with E-state index in [1.54, 1.807) is 0 Å². The molecule has 1 aromatic rings. The monoisotopic (exact) mass is 329 g/mol. The van der Waals surface area contributed by atoms with Crippen LogP contribution < -0.4 is 0 Å². The summed E-state index contributed by atoms with van der Waals surface area (Å²) >= 11 is 2.48. The summed E-state index contributed by atoms with van der Waals surface area (Å²) in [6.45, 7) is 8.24. The molecular formula is C14H20IN. The van der Waals surface area contributed by atoms with E-state index >= 15 is 0 Å². The van der Waals surface area contributed by atoms with Gasteiger partial charge in [0.25, 0.3) is 0 Å². The number of likely N-dealkylation sites (tertiary alicyclic amines) is 1. The Hall–Kier alpha value is -0.0900. The van der Waals surface area contributed by atoms with Crippen molar-refractivity contribution in [2.75, 3.05) is 13.1 Å². The van der Waals surface area contributed by atoms with E-state index in [0.717, 1.165) is 12.5 Å². The Bertz CT molecular complexity index is 362. The van der Waals surface area contributed by atoms with Crippen LogP contribution in [0.15, 0.2) is 18.2 Å². The molecule has 1 heterocycles. The maximum Gasteiger partial charge on any atom is 0.0244 e. The number of piperidine rings is 1. The second kappa shape index (κ2) is 5.50. The highest BCUT2D eigenvalue weighted by molar-refractivity contribution is 14.1. The second-order valence-corrected chi connectivity index (χ2v) is 6.11. The topological polar surface area (TPSA) is 3.24 Å². The summed E-state index contributed by atoms with van der Waals surface area (Å²) in [6.07, 6.45) is 2.77. The molecule has 1 aliphatic heterocycles. The number of nitrogens with zero attached hydrogens (tertiary/aromatic N) is 1. The van der Waals surface area contributed by atoms with Crippen LogP contribution in [-0.2, 0) is 6.54 Å². The Kier molecular flexibility index (Phi) is 4.25. The summed E-state index contributed by atoms with van der Waals surface area (Å²) in [6, 6.07) is 6.65. The fraction of sp³-hybridized carbons (Fsp3) is 0.571. The Morgan fingerprint density at radius 1 is 1.44 bits per heavy atom. The van der Waals surface area contributed by atoms with Crippen molar-refractivity contribution in [3.63, 3.8) is 0 Å². The molecule has 2 heteroatoms. The minimum absolute atomic E-state index is 0.872. The molecule has 1 aromatic carbocycles. The van der Waals surface area contributed by atoms with Gasteiger partial charge in [-0.25, -0.2) is 0 Å². The molecule has 0 N–H and O–H groups in total. The Morgan fingerprint density at radius 3 is 3.00 bits per heavy atom. The average molecular weight is 329 g/mol. The van der Waals surface area contributed by atoms with E-state index < -0.39 is 0 Å². The van der Waals surface area contributed by atoms with Crippen LogP contribution in [0.4, 0.5) is 0 Å². The molecule has 1 fully saturated rings. The predicted octanol–water partition coefficient (Wildman–Crippen LogP) is 3.83. The molecule has 88 valence electrons. The van der Waals surface area contributed by atoms with Gasteiger partial charge in [-0.05, 0) is 65.9 Å². The van der Waals surface area contributed by atoms with Crippen molar-refractivity contribution in [3.05, 3.63) is 32.9 Å². The minimum Gasteiger partial charge on any atom is -0.299 e. The number of aryl methyl sites for hydroxylation is 1. The van der Waals surface area contributed by atoms with Crippen LogP contribution in [0.1, 0.15) is 30.9 Å². The zero-order chi connectivity index (χ0) is 11.5. The lowest BCUT2D eigenvalue weighted by Gasteiger charge is -2.31. The average Bonchev–Trinajstić information content (AvgIpc) is 2.25. The largest absolute Gasteiger partial charge is 0.299 e. The van der Waals surface area contributed by atoms with Crippen LogP contribution in [0.25, 0.3) is 0 Å². The van der Waals surface area contributed by atoms with Gasteiger partial charge in [-0.3, -0.25) is 4.90 Å². The van der Waals surface area contributed by atoms with Gasteiger partial charge in [0.1, 0.15) is 0 Å². The molecule has 0 bridgehead atoms. The van der Waals surface area contributed by atoms with Crippen molar-refractivity contribution in [3.8, 4) is 0 Å². The van der Waals surface area contributed by atoms with Gasteiger partial charge in [-0.15, -0.1) is 0 Å². The lowest BCUT2D eigenvalue weighted by Crippen LogP contribution is -2.33. The van der Waals surface area contributed by atoms with Crippen LogP contribution >= 0.6 is 22.6 Å². The molecular weight excluding hydrogens is 309 g/mol. The Balaban J connectivity index is 2.05. The highest BCUT2D eigenvalue weighted by Gasteiger charge is 2.17. The quantitative estimate of drug-likeness (QED) is 0.746. The molecule has 1 atom stereocenters. The highest BCUT2D eigenvalue weighted by Crippen LogP contribution is 2.22. The number of hydrogen-bond donors (Lipinski definition) is 0. The van der Waals surface area contributed by atoms with E-state index in [1.807, 2.05) is 0 Å². The maximum absolute atomic E-state index is 2.60. The van der Waals surface area contributed by atoms with Gasteiger partial charge in [-0.1, -0.05) is 25.1 Å². The third-order valence-electron chi connectivity index (χ3n) is 3.41. The molecule has 0 aromatic heterocycles. The zero-order valence-electron chi connectivity index (χ0n) is 10.2. The molecule has 2 rings (SSSR count). The van der Waals surface area contributed by atoms with E-state index in [2.05, 4.69) is 59.5 Å². The van der Waals surface area contributed by atoms with E-state index in [4.69, 9.17) is 0 Å². The number of halogens is 1. The fourth-order valence-corrected chi connectivity index (χ4v) is 3.03. The second-order valence-electron chi connectivity index (χ2n) is 5.03. The van der Waals surface area contributed by atoms with Crippen molar-refractivity contribution < 1.29 is 0 Å². The van der Waals surface area contributed by atoms with Crippen LogP contribution in [-0.4, -0.2) is 18.0 Å². The summed E-state index contributed by atoms with van der Waals surface area (Å²) in [5.74, 6) is 0.872. The minimum atomic E-state index is 0.872. The van der Waals surface area contributed by atoms with Gasteiger partial charge < -0.3 is 0 Å². The van der Waals surface area contributed by atoms with Gasteiger partial charge in [0, 0.05) is 16.7 Å². The first-order valence-corrected chi connectivity index (χ1v) is 7.21. The zero-order valence-corrected chi connectivity index (χ0v) is 12.3. The third kappa shape index (κ3) is 2.98. The van der Waals surface area contributed by atoms with Crippen LogP contribution in [0.5, 0.6) is 0 Å². The molecule has 0 radical (unpaired) electrons. The molecule has 0 amide bonds. The molecule has 0 saturated carbocycles. The summed E-state index contributed by atoms with van der Waals surface area (Å²) in [7, 11) is 0. The Labute approximate surface area is 112 Å². The van der Waals surface area contributed by atoms with Gasteiger partial charge in [-0.2, -0.15) is 0 Å². The summed E-state index contributed by atoms with van der Waals surface area (Å²) in [4.78, 5) is 2.60. The Morgan fingerprint density at radius 2 is 2.25 bits per heavy atom. The van der Waals surface area contributed by atoms with Gasteiger partial charge >= 0.3 is 0 Å². The molecule has 1 nitrogen and oxygen atoms in total. The fourth-order valence-electron chi connectivity index (χ4n) is 2.50. The summed E-state index contributed by atoms with van der Waals surface area (Å²) in [5, 5.41) is 0. The molecule has 0 spiro atoms. The SMILES string of the molecule is Cc1cccc(CN2CCCC(C)C2)c1I. The van der Waals surface area contributed by atoms with Crippen LogP contribution in [0, 0.1) is 16.4 Å². The molecule has 1 unspecified atom stereocenters. The molecule has 16 heavy (non-hydrogen) atoms. The van der Waals surface area contributed by atoms with E-state index in [9.17, 15) is 0 Å². The highest BCUT2D eigenvalue weighted by atomic mass is 127. The molecule has 1 saturated heterocycles. The van der Waals surface area contributed by atoms with Crippen LogP contribution in [0.2, 0.25) is 0 Å². The van der Waals surface area contributed by atoms with Gasteiger partial charge in [0.15, 0.2) is 0 Å². The lowest BCUT2D eigenvalue weighted by atomic mass is 9.99. The summed E-state index contributed by atoms with van der Waals surface area (Å²) < 4.78 is 1.44. The first kappa shape index (κ1) is 12.4. The lowest BCUT2D eigenvalue weighted by molar-refractivity contribution is 0.176. The first-order valence-electron chi connectivity index (χ1n) is 6.13. The first-order chi connectivity index (χ1) is 7.66.